The predicted octanol–water partition coefficient (Wildman–Crippen LogP) is 3.96. The first-order valence-electron chi connectivity index (χ1n) is 14.8. The van der Waals surface area contributed by atoms with Crippen molar-refractivity contribution < 1.29 is 24.2 Å². The van der Waals surface area contributed by atoms with E-state index < -0.39 is 35.1 Å². The van der Waals surface area contributed by atoms with Crippen LogP contribution in [-0.2, 0) is 25.7 Å². The number of amides is 3. The van der Waals surface area contributed by atoms with Gasteiger partial charge in [0.05, 0.1) is 30.1 Å². The highest BCUT2D eigenvalue weighted by Crippen LogP contribution is 2.64. The molecule has 222 valence electrons. The smallest absolute Gasteiger partial charge is 0.249 e. The highest BCUT2D eigenvalue weighted by Gasteiger charge is 2.78. The largest absolute Gasteiger partial charge is 0.394 e. The number of ether oxygens (including phenoxy) is 1. The summed E-state index contributed by atoms with van der Waals surface area (Å²) >= 11 is 0. The van der Waals surface area contributed by atoms with E-state index in [4.69, 9.17) is 4.74 Å². The van der Waals surface area contributed by atoms with Gasteiger partial charge in [0.1, 0.15) is 11.6 Å². The number of carbonyl (C=O) groups is 3. The number of nitrogens with zero attached hydrogens (tertiary/aromatic N) is 3. The monoisotopic (exact) mass is 571 g/mol. The van der Waals surface area contributed by atoms with Crippen molar-refractivity contribution in [1.82, 2.24) is 9.80 Å². The summed E-state index contributed by atoms with van der Waals surface area (Å²) in [6.45, 7) is 12.1. The van der Waals surface area contributed by atoms with Gasteiger partial charge in [-0.05, 0) is 43.9 Å². The molecule has 6 atom stereocenters. The number of hydrogen-bond donors (Lipinski definition) is 1. The van der Waals surface area contributed by atoms with Gasteiger partial charge in [0.2, 0.25) is 17.7 Å². The zero-order valence-electron chi connectivity index (χ0n) is 24.5. The number of hydrogen-bond acceptors (Lipinski definition) is 5. The van der Waals surface area contributed by atoms with Gasteiger partial charge in [-0.25, -0.2) is 0 Å². The fraction of sp³-hybridized carbons (Fsp3) is 0.441. The van der Waals surface area contributed by atoms with Crippen molar-refractivity contribution in [3.05, 3.63) is 91.5 Å². The van der Waals surface area contributed by atoms with E-state index in [0.717, 1.165) is 5.56 Å². The van der Waals surface area contributed by atoms with Crippen molar-refractivity contribution in [2.24, 2.45) is 11.8 Å². The number of fused-ring (bicyclic) bond motifs is 1. The molecule has 3 heterocycles. The Hall–Kier alpha value is -3.75. The van der Waals surface area contributed by atoms with Crippen LogP contribution in [0, 0.1) is 11.8 Å². The molecule has 2 aromatic rings. The molecule has 2 bridgehead atoms. The molecular weight excluding hydrogens is 530 g/mol. The lowest BCUT2D eigenvalue weighted by Crippen LogP contribution is -2.58. The number of aliphatic hydroxyl groups is 1. The van der Waals surface area contributed by atoms with Gasteiger partial charge in [0, 0.05) is 25.3 Å². The maximum Gasteiger partial charge on any atom is 0.249 e. The summed E-state index contributed by atoms with van der Waals surface area (Å²) in [7, 11) is 0. The average Bonchev–Trinajstić information content (AvgIpc) is 3.57. The van der Waals surface area contributed by atoms with Crippen LogP contribution in [0.25, 0.3) is 0 Å². The Morgan fingerprint density at radius 3 is 2.29 bits per heavy atom. The lowest BCUT2D eigenvalue weighted by molar-refractivity contribution is -0.155. The van der Waals surface area contributed by atoms with Crippen LogP contribution in [0.4, 0.5) is 5.69 Å². The number of benzene rings is 2. The van der Waals surface area contributed by atoms with Crippen LogP contribution in [0.2, 0.25) is 0 Å². The van der Waals surface area contributed by atoms with Crippen molar-refractivity contribution >= 4 is 23.4 Å². The van der Waals surface area contributed by atoms with Crippen LogP contribution < -0.4 is 4.90 Å². The standard InChI is InChI=1S/C34H41N3O5/c1-5-20-35(22-24-14-10-8-11-15-24)32(41)29-34-19-18-33(4,42-34)27(28(34)31(40)37(29)25(7-3)23-38)30(39)36(21-6-2)26-16-12-9-13-17-26/h5-6,8-17,25,27-29,38H,1-2,7,18-23H2,3-4H3/t25-,27-,28-,29?,33+,34?/m0/s1. The van der Waals surface area contributed by atoms with E-state index in [0.29, 0.717) is 31.5 Å². The van der Waals surface area contributed by atoms with E-state index in [2.05, 4.69) is 13.2 Å². The Kier molecular flexibility index (Phi) is 8.39. The summed E-state index contributed by atoms with van der Waals surface area (Å²) in [5.74, 6) is -2.43. The summed E-state index contributed by atoms with van der Waals surface area (Å²) in [6.07, 6.45) is 4.81. The zero-order chi connectivity index (χ0) is 30.1. The maximum atomic E-state index is 14.6. The second-order valence-electron chi connectivity index (χ2n) is 11.8. The van der Waals surface area contributed by atoms with Crippen molar-refractivity contribution in [1.29, 1.82) is 0 Å². The topological polar surface area (TPSA) is 90.4 Å². The Balaban J connectivity index is 1.58. The van der Waals surface area contributed by atoms with Gasteiger partial charge in [-0.1, -0.05) is 67.6 Å². The molecule has 2 aromatic carbocycles. The Morgan fingerprint density at radius 1 is 1.05 bits per heavy atom. The van der Waals surface area contributed by atoms with E-state index in [-0.39, 0.29) is 37.4 Å². The normalized spacial score (nSPS) is 28.3. The van der Waals surface area contributed by atoms with E-state index >= 15 is 0 Å². The van der Waals surface area contributed by atoms with Crippen molar-refractivity contribution in [3.8, 4) is 0 Å². The van der Waals surface area contributed by atoms with Gasteiger partial charge in [-0.15, -0.1) is 13.2 Å². The average molecular weight is 572 g/mol. The second kappa shape index (κ2) is 11.9. The Labute approximate surface area is 248 Å². The molecule has 1 spiro atoms. The van der Waals surface area contributed by atoms with Crippen LogP contribution in [-0.4, -0.2) is 75.6 Å². The van der Waals surface area contributed by atoms with Crippen molar-refractivity contribution in [2.45, 2.75) is 62.9 Å². The van der Waals surface area contributed by atoms with Gasteiger partial charge in [0.25, 0.3) is 0 Å². The highest BCUT2D eigenvalue weighted by molar-refractivity contribution is 6.03. The molecular formula is C34H41N3O5. The maximum absolute atomic E-state index is 14.6. The number of anilines is 1. The molecule has 0 saturated carbocycles. The van der Waals surface area contributed by atoms with Gasteiger partial charge in [-0.3, -0.25) is 14.4 Å². The Morgan fingerprint density at radius 2 is 1.69 bits per heavy atom. The first-order valence-corrected chi connectivity index (χ1v) is 14.8. The molecule has 2 unspecified atom stereocenters. The van der Waals surface area contributed by atoms with Crippen molar-refractivity contribution in [2.75, 3.05) is 24.6 Å². The van der Waals surface area contributed by atoms with Crippen LogP contribution in [0.5, 0.6) is 0 Å². The third-order valence-corrected chi connectivity index (χ3v) is 9.31. The van der Waals surface area contributed by atoms with Gasteiger partial charge in [-0.2, -0.15) is 0 Å². The van der Waals surface area contributed by atoms with Crippen LogP contribution >= 0.6 is 0 Å². The molecule has 3 amide bonds. The molecule has 3 aliphatic rings. The number of para-hydroxylation sites is 1. The SMILES string of the molecule is C=CCN(Cc1ccccc1)C(=O)C1N([C@@H](CC)CO)C(=O)[C@@H]2[C@@H](C(=O)N(CC=C)c3ccccc3)[C@@]3(C)CCC12O3. The number of aliphatic hydroxyl groups excluding tert-OH is 1. The first kappa shape index (κ1) is 29.7. The minimum Gasteiger partial charge on any atom is -0.394 e. The minimum absolute atomic E-state index is 0.221. The summed E-state index contributed by atoms with van der Waals surface area (Å²) < 4.78 is 6.83. The predicted molar refractivity (Wildman–Crippen MR) is 161 cm³/mol. The lowest BCUT2D eigenvalue weighted by Gasteiger charge is -2.39. The molecule has 0 aliphatic carbocycles. The molecule has 5 rings (SSSR count). The number of rotatable bonds is 12. The number of likely N-dealkylation sites (tertiary alicyclic amines) is 1. The zero-order valence-corrected chi connectivity index (χ0v) is 24.5. The molecule has 0 aromatic heterocycles. The van der Waals surface area contributed by atoms with Crippen LogP contribution in [0.1, 0.15) is 38.7 Å². The lowest BCUT2D eigenvalue weighted by atomic mass is 9.66. The first-order chi connectivity index (χ1) is 20.3. The fourth-order valence-corrected chi connectivity index (χ4v) is 7.42. The van der Waals surface area contributed by atoms with Crippen LogP contribution in [0.3, 0.4) is 0 Å². The van der Waals surface area contributed by atoms with Gasteiger partial charge in [0.15, 0.2) is 0 Å². The molecule has 8 heteroatoms. The second-order valence-corrected chi connectivity index (χ2v) is 11.8. The third kappa shape index (κ3) is 4.76. The van der Waals surface area contributed by atoms with Gasteiger partial charge >= 0.3 is 0 Å². The molecule has 3 fully saturated rings. The van der Waals surface area contributed by atoms with E-state index in [1.807, 2.05) is 74.5 Å². The summed E-state index contributed by atoms with van der Waals surface area (Å²) in [5.41, 5.74) is -0.441. The quantitative estimate of drug-likeness (QED) is 0.390. The third-order valence-electron chi connectivity index (χ3n) is 9.31. The summed E-state index contributed by atoms with van der Waals surface area (Å²) in [5, 5.41) is 10.4. The molecule has 1 N–H and O–H groups in total. The molecule has 3 aliphatic heterocycles. The van der Waals surface area contributed by atoms with E-state index in [9.17, 15) is 19.5 Å². The van der Waals surface area contributed by atoms with Crippen molar-refractivity contribution in [3.63, 3.8) is 0 Å². The summed E-state index contributed by atoms with van der Waals surface area (Å²) in [4.78, 5) is 48.5. The molecule has 0 radical (unpaired) electrons. The molecule has 8 nitrogen and oxygen atoms in total. The molecule has 3 saturated heterocycles. The van der Waals surface area contributed by atoms with E-state index in [1.165, 1.54) is 0 Å². The summed E-state index contributed by atoms with van der Waals surface area (Å²) in [6, 6.07) is 17.5. The fourth-order valence-electron chi connectivity index (χ4n) is 7.42. The van der Waals surface area contributed by atoms with E-state index in [1.54, 1.807) is 26.9 Å². The van der Waals surface area contributed by atoms with Crippen LogP contribution in [0.15, 0.2) is 86.0 Å². The highest BCUT2D eigenvalue weighted by atomic mass is 16.5. The number of carbonyl (C=O) groups excluding carboxylic acids is 3. The molecule has 42 heavy (non-hydrogen) atoms. The Bertz CT molecular complexity index is 1330. The minimum atomic E-state index is -1.18. The van der Waals surface area contributed by atoms with Gasteiger partial charge < -0.3 is 24.5 Å².